The Morgan fingerprint density at radius 3 is 2.64 bits per heavy atom. The van der Waals surface area contributed by atoms with E-state index in [9.17, 15) is 4.79 Å². The summed E-state index contributed by atoms with van der Waals surface area (Å²) in [5, 5.41) is 7.40. The fraction of sp³-hybridized carbons (Fsp3) is 0.250. The molecule has 0 aliphatic rings. The standard InChI is InChI=1S/C20H22N4O/c1-3-19-18(14-23-24(19)17-8-6-15(2)7-9-17)20(25)22-12-10-16-5-4-11-21-13-16/h4-9,11,13-14H,3,10,12H2,1-2H3,(H,22,25). The summed E-state index contributed by atoms with van der Waals surface area (Å²) in [7, 11) is 0. The molecule has 1 N–H and O–H groups in total. The number of pyridine rings is 1. The Hall–Kier alpha value is -2.95. The van der Waals surface area contributed by atoms with Gasteiger partial charge >= 0.3 is 0 Å². The van der Waals surface area contributed by atoms with E-state index in [4.69, 9.17) is 0 Å². The van der Waals surface area contributed by atoms with Crippen molar-refractivity contribution in [3.63, 3.8) is 0 Å². The van der Waals surface area contributed by atoms with Crippen molar-refractivity contribution in [1.29, 1.82) is 0 Å². The van der Waals surface area contributed by atoms with Gasteiger partial charge in [0.05, 0.1) is 23.1 Å². The Kier molecular flexibility index (Phi) is 5.23. The Morgan fingerprint density at radius 1 is 1.16 bits per heavy atom. The minimum absolute atomic E-state index is 0.0842. The molecular weight excluding hydrogens is 312 g/mol. The first kappa shape index (κ1) is 16.9. The van der Waals surface area contributed by atoms with Gasteiger partial charge in [-0.15, -0.1) is 0 Å². The molecule has 0 saturated heterocycles. The summed E-state index contributed by atoms with van der Waals surface area (Å²) in [6.07, 6.45) is 6.71. The number of rotatable bonds is 6. The molecule has 0 atom stereocenters. The van der Waals surface area contributed by atoms with Crippen molar-refractivity contribution in [3.05, 3.63) is 77.4 Å². The van der Waals surface area contributed by atoms with Crippen LogP contribution in [0.2, 0.25) is 0 Å². The molecule has 0 unspecified atom stereocenters. The maximum Gasteiger partial charge on any atom is 0.254 e. The maximum absolute atomic E-state index is 12.5. The molecule has 2 heterocycles. The van der Waals surface area contributed by atoms with Crippen molar-refractivity contribution < 1.29 is 4.79 Å². The van der Waals surface area contributed by atoms with Crippen molar-refractivity contribution in [1.82, 2.24) is 20.1 Å². The van der Waals surface area contributed by atoms with E-state index in [-0.39, 0.29) is 5.91 Å². The number of hydrogen-bond donors (Lipinski definition) is 1. The van der Waals surface area contributed by atoms with Crippen LogP contribution in [0.15, 0.2) is 55.0 Å². The average molecular weight is 334 g/mol. The number of hydrogen-bond acceptors (Lipinski definition) is 3. The molecule has 0 aliphatic heterocycles. The van der Waals surface area contributed by atoms with Gasteiger partial charge in [0.1, 0.15) is 0 Å². The minimum atomic E-state index is -0.0842. The minimum Gasteiger partial charge on any atom is -0.352 e. The largest absolute Gasteiger partial charge is 0.352 e. The summed E-state index contributed by atoms with van der Waals surface area (Å²) >= 11 is 0. The summed E-state index contributed by atoms with van der Waals surface area (Å²) in [6.45, 7) is 4.66. The molecule has 5 nitrogen and oxygen atoms in total. The monoisotopic (exact) mass is 334 g/mol. The van der Waals surface area contributed by atoms with Gasteiger partial charge in [0.25, 0.3) is 5.91 Å². The Bertz CT molecular complexity index is 838. The summed E-state index contributed by atoms with van der Waals surface area (Å²) in [4.78, 5) is 16.6. The lowest BCUT2D eigenvalue weighted by atomic mass is 10.1. The molecule has 0 radical (unpaired) electrons. The average Bonchev–Trinajstić information content (AvgIpc) is 3.07. The van der Waals surface area contributed by atoms with Gasteiger partial charge in [-0.3, -0.25) is 9.78 Å². The first-order chi connectivity index (χ1) is 12.2. The second kappa shape index (κ2) is 7.75. The molecule has 25 heavy (non-hydrogen) atoms. The van der Waals surface area contributed by atoms with Crippen LogP contribution in [-0.2, 0) is 12.8 Å². The summed E-state index contributed by atoms with van der Waals surface area (Å²) in [5.74, 6) is -0.0842. The van der Waals surface area contributed by atoms with Crippen LogP contribution in [0.3, 0.4) is 0 Å². The molecule has 0 fully saturated rings. The van der Waals surface area contributed by atoms with Crippen LogP contribution in [0.4, 0.5) is 0 Å². The van der Waals surface area contributed by atoms with E-state index in [1.807, 2.05) is 54.2 Å². The molecule has 2 aromatic heterocycles. The zero-order valence-electron chi connectivity index (χ0n) is 14.6. The molecule has 0 aliphatic carbocycles. The van der Waals surface area contributed by atoms with Crippen LogP contribution in [0, 0.1) is 6.92 Å². The van der Waals surface area contributed by atoms with Crippen molar-refractivity contribution >= 4 is 5.91 Å². The zero-order valence-corrected chi connectivity index (χ0v) is 14.6. The van der Waals surface area contributed by atoms with E-state index in [0.717, 1.165) is 29.8 Å². The fourth-order valence-electron chi connectivity index (χ4n) is 2.77. The summed E-state index contributed by atoms with van der Waals surface area (Å²) in [5.41, 5.74) is 4.82. The number of carbonyl (C=O) groups excluding carboxylic acids is 1. The van der Waals surface area contributed by atoms with Crippen LogP contribution in [-0.4, -0.2) is 27.2 Å². The number of amides is 1. The fourth-order valence-corrected chi connectivity index (χ4v) is 2.77. The molecule has 1 aromatic carbocycles. The smallest absolute Gasteiger partial charge is 0.254 e. The molecule has 5 heteroatoms. The summed E-state index contributed by atoms with van der Waals surface area (Å²) < 4.78 is 1.84. The van der Waals surface area contributed by atoms with Gasteiger partial charge < -0.3 is 5.32 Å². The van der Waals surface area contributed by atoms with E-state index in [2.05, 4.69) is 22.3 Å². The SMILES string of the molecule is CCc1c(C(=O)NCCc2cccnc2)cnn1-c1ccc(C)cc1. The normalized spacial score (nSPS) is 10.6. The lowest BCUT2D eigenvalue weighted by molar-refractivity contribution is 0.0953. The summed E-state index contributed by atoms with van der Waals surface area (Å²) in [6, 6.07) is 12.0. The second-order valence-corrected chi connectivity index (χ2v) is 5.97. The van der Waals surface area contributed by atoms with Crippen molar-refractivity contribution in [2.24, 2.45) is 0 Å². The van der Waals surface area contributed by atoms with Crippen LogP contribution in [0.25, 0.3) is 5.69 Å². The van der Waals surface area contributed by atoms with E-state index in [1.54, 1.807) is 12.4 Å². The van der Waals surface area contributed by atoms with Crippen LogP contribution in [0.5, 0.6) is 0 Å². The third-order valence-corrected chi connectivity index (χ3v) is 4.15. The number of benzene rings is 1. The number of carbonyl (C=O) groups is 1. The van der Waals surface area contributed by atoms with Crippen molar-refractivity contribution in [2.45, 2.75) is 26.7 Å². The highest BCUT2D eigenvalue weighted by atomic mass is 16.1. The Balaban J connectivity index is 1.71. The highest BCUT2D eigenvalue weighted by molar-refractivity contribution is 5.95. The number of nitrogens with zero attached hydrogens (tertiary/aromatic N) is 3. The van der Waals surface area contributed by atoms with E-state index < -0.39 is 0 Å². The van der Waals surface area contributed by atoms with Gasteiger partial charge in [-0.2, -0.15) is 5.10 Å². The first-order valence-corrected chi connectivity index (χ1v) is 8.50. The van der Waals surface area contributed by atoms with E-state index in [1.165, 1.54) is 5.56 Å². The van der Waals surface area contributed by atoms with E-state index in [0.29, 0.717) is 12.1 Å². The van der Waals surface area contributed by atoms with Crippen molar-refractivity contribution in [2.75, 3.05) is 6.54 Å². The Labute approximate surface area is 147 Å². The lowest BCUT2D eigenvalue weighted by Gasteiger charge is -2.09. The molecule has 0 bridgehead atoms. The quantitative estimate of drug-likeness (QED) is 0.753. The second-order valence-electron chi connectivity index (χ2n) is 5.97. The molecular formula is C20H22N4O. The molecule has 128 valence electrons. The third-order valence-electron chi connectivity index (χ3n) is 4.15. The highest BCUT2D eigenvalue weighted by Gasteiger charge is 2.16. The first-order valence-electron chi connectivity index (χ1n) is 8.50. The predicted molar refractivity (Wildman–Crippen MR) is 98.0 cm³/mol. The highest BCUT2D eigenvalue weighted by Crippen LogP contribution is 2.16. The van der Waals surface area contributed by atoms with Crippen LogP contribution < -0.4 is 5.32 Å². The lowest BCUT2D eigenvalue weighted by Crippen LogP contribution is -2.26. The number of aromatic nitrogens is 3. The topological polar surface area (TPSA) is 59.8 Å². The van der Waals surface area contributed by atoms with Gasteiger partial charge in [0, 0.05) is 18.9 Å². The third kappa shape index (κ3) is 3.94. The van der Waals surface area contributed by atoms with Gasteiger partial charge in [-0.1, -0.05) is 30.7 Å². The maximum atomic E-state index is 12.5. The molecule has 0 saturated carbocycles. The van der Waals surface area contributed by atoms with Crippen LogP contribution in [0.1, 0.15) is 34.1 Å². The number of nitrogens with one attached hydrogen (secondary N) is 1. The predicted octanol–water partition coefficient (Wildman–Crippen LogP) is 3.11. The van der Waals surface area contributed by atoms with Gasteiger partial charge in [0.15, 0.2) is 0 Å². The molecule has 3 aromatic rings. The Morgan fingerprint density at radius 2 is 1.96 bits per heavy atom. The van der Waals surface area contributed by atoms with Crippen molar-refractivity contribution in [3.8, 4) is 5.69 Å². The van der Waals surface area contributed by atoms with Gasteiger partial charge in [-0.25, -0.2) is 4.68 Å². The molecule has 1 amide bonds. The molecule has 3 rings (SSSR count). The zero-order chi connectivity index (χ0) is 17.6. The number of aryl methyl sites for hydroxylation is 1. The van der Waals surface area contributed by atoms with E-state index >= 15 is 0 Å². The van der Waals surface area contributed by atoms with Gasteiger partial charge in [0.2, 0.25) is 0 Å². The van der Waals surface area contributed by atoms with Crippen LogP contribution >= 0.6 is 0 Å². The van der Waals surface area contributed by atoms with Gasteiger partial charge in [-0.05, 0) is 43.5 Å². The molecule has 0 spiro atoms.